The summed E-state index contributed by atoms with van der Waals surface area (Å²) < 4.78 is 0. The molecule has 0 nitrogen and oxygen atoms in total. The standard InChI is InChI=1S/C18H26ClP/c19-17-13-7-8-14-18(17)20(15-9-3-1-4-10-15)16-11-5-2-6-12-16/h7-8,13-16H,1-6,9-12H2. The summed E-state index contributed by atoms with van der Waals surface area (Å²) in [4.78, 5) is 0. The van der Waals surface area contributed by atoms with Crippen LogP contribution in [0.2, 0.25) is 5.02 Å². The summed E-state index contributed by atoms with van der Waals surface area (Å²) in [6.07, 6.45) is 14.5. The molecule has 20 heavy (non-hydrogen) atoms. The molecule has 0 amide bonds. The fourth-order valence-electron chi connectivity index (χ4n) is 4.07. The van der Waals surface area contributed by atoms with Crippen LogP contribution in [0.3, 0.4) is 0 Å². The second-order valence-corrected chi connectivity index (χ2v) is 9.61. The van der Waals surface area contributed by atoms with Crippen LogP contribution in [0.4, 0.5) is 0 Å². The first-order valence-electron chi connectivity index (χ1n) is 8.39. The molecule has 0 spiro atoms. The second-order valence-electron chi connectivity index (χ2n) is 6.44. The third kappa shape index (κ3) is 3.40. The van der Waals surface area contributed by atoms with Crippen LogP contribution in [-0.2, 0) is 0 Å². The third-order valence-corrected chi connectivity index (χ3v) is 9.08. The van der Waals surface area contributed by atoms with Crippen molar-refractivity contribution in [3.05, 3.63) is 29.3 Å². The normalized spacial score (nSPS) is 22.3. The van der Waals surface area contributed by atoms with Gasteiger partial charge in [-0.25, -0.2) is 0 Å². The minimum absolute atomic E-state index is 0.0449. The quantitative estimate of drug-likeness (QED) is 0.591. The number of hydrogen-bond donors (Lipinski definition) is 0. The molecule has 1 aromatic carbocycles. The van der Waals surface area contributed by atoms with Crippen LogP contribution < -0.4 is 5.30 Å². The zero-order chi connectivity index (χ0) is 13.8. The van der Waals surface area contributed by atoms with Crippen molar-refractivity contribution in [2.45, 2.75) is 75.5 Å². The maximum Gasteiger partial charge on any atom is 0.0482 e. The highest BCUT2D eigenvalue weighted by atomic mass is 35.5. The highest BCUT2D eigenvalue weighted by molar-refractivity contribution is 7.67. The van der Waals surface area contributed by atoms with E-state index in [1.54, 1.807) is 0 Å². The van der Waals surface area contributed by atoms with Crippen LogP contribution in [0.15, 0.2) is 24.3 Å². The van der Waals surface area contributed by atoms with Gasteiger partial charge in [-0.1, -0.05) is 76.2 Å². The van der Waals surface area contributed by atoms with Gasteiger partial charge in [-0.3, -0.25) is 0 Å². The SMILES string of the molecule is Clc1ccccc1P(C1CCCCC1)C1CCCCC1. The summed E-state index contributed by atoms with van der Waals surface area (Å²) >= 11 is 6.57. The Bertz CT molecular complexity index is 401. The Morgan fingerprint density at radius 1 is 0.750 bits per heavy atom. The van der Waals surface area contributed by atoms with Gasteiger partial charge in [0.2, 0.25) is 0 Å². The van der Waals surface area contributed by atoms with Crippen molar-refractivity contribution >= 4 is 24.8 Å². The number of hydrogen-bond acceptors (Lipinski definition) is 0. The maximum atomic E-state index is 6.57. The molecule has 0 saturated heterocycles. The molecule has 3 rings (SSSR count). The smallest absolute Gasteiger partial charge is 0.0482 e. The first-order valence-corrected chi connectivity index (χ1v) is 10.2. The van der Waals surface area contributed by atoms with E-state index in [2.05, 4.69) is 24.3 Å². The Kier molecular flexibility index (Phi) is 5.41. The largest absolute Gasteiger partial charge is 0.0836 e. The Morgan fingerprint density at radius 2 is 1.25 bits per heavy atom. The van der Waals surface area contributed by atoms with Crippen molar-refractivity contribution < 1.29 is 0 Å². The van der Waals surface area contributed by atoms with Gasteiger partial charge in [-0.15, -0.1) is 0 Å². The van der Waals surface area contributed by atoms with Crippen LogP contribution in [0.25, 0.3) is 0 Å². The van der Waals surface area contributed by atoms with E-state index in [1.165, 1.54) is 69.5 Å². The molecule has 2 aliphatic carbocycles. The van der Waals surface area contributed by atoms with Gasteiger partial charge in [0.05, 0.1) is 0 Å². The van der Waals surface area contributed by atoms with E-state index in [9.17, 15) is 0 Å². The van der Waals surface area contributed by atoms with Crippen molar-refractivity contribution in [3.63, 3.8) is 0 Å². The molecule has 1 aromatic rings. The van der Waals surface area contributed by atoms with Gasteiger partial charge in [0.25, 0.3) is 0 Å². The third-order valence-electron chi connectivity index (χ3n) is 5.07. The molecule has 0 N–H and O–H groups in total. The first kappa shape index (κ1) is 14.9. The molecular formula is C18H26ClP. The molecule has 0 heterocycles. The summed E-state index contributed by atoms with van der Waals surface area (Å²) in [7, 11) is -0.0449. The molecule has 0 radical (unpaired) electrons. The van der Waals surface area contributed by atoms with Gasteiger partial charge in [0.1, 0.15) is 0 Å². The zero-order valence-corrected chi connectivity index (χ0v) is 14.0. The van der Waals surface area contributed by atoms with E-state index in [1.807, 2.05) is 0 Å². The van der Waals surface area contributed by atoms with Gasteiger partial charge in [0.15, 0.2) is 0 Å². The number of rotatable bonds is 3. The molecule has 0 atom stereocenters. The minimum Gasteiger partial charge on any atom is -0.0836 e. The van der Waals surface area contributed by atoms with Gasteiger partial charge in [0, 0.05) is 5.02 Å². The Labute approximate surface area is 130 Å². The highest BCUT2D eigenvalue weighted by Crippen LogP contribution is 2.55. The van der Waals surface area contributed by atoms with Crippen molar-refractivity contribution in [1.29, 1.82) is 0 Å². The second kappa shape index (κ2) is 7.28. The predicted molar refractivity (Wildman–Crippen MR) is 91.8 cm³/mol. The van der Waals surface area contributed by atoms with Crippen LogP contribution in [-0.4, -0.2) is 11.3 Å². The number of benzene rings is 1. The lowest BCUT2D eigenvalue weighted by molar-refractivity contribution is 0.487. The monoisotopic (exact) mass is 308 g/mol. The molecule has 0 aliphatic heterocycles. The summed E-state index contributed by atoms with van der Waals surface area (Å²) in [6, 6.07) is 8.72. The average molecular weight is 309 g/mol. The Balaban J connectivity index is 1.87. The van der Waals surface area contributed by atoms with Crippen molar-refractivity contribution in [3.8, 4) is 0 Å². The molecule has 0 unspecified atom stereocenters. The van der Waals surface area contributed by atoms with E-state index in [-0.39, 0.29) is 7.92 Å². The lowest BCUT2D eigenvalue weighted by Crippen LogP contribution is -2.26. The molecule has 110 valence electrons. The predicted octanol–water partition coefficient (Wildman–Crippen LogP) is 6.11. The van der Waals surface area contributed by atoms with Gasteiger partial charge < -0.3 is 0 Å². The summed E-state index contributed by atoms with van der Waals surface area (Å²) in [5, 5.41) is 2.55. The zero-order valence-electron chi connectivity index (χ0n) is 12.4. The first-order chi connectivity index (χ1) is 9.86. The summed E-state index contributed by atoms with van der Waals surface area (Å²) in [5.41, 5.74) is 1.89. The summed E-state index contributed by atoms with van der Waals surface area (Å²) in [5.74, 6) is 0. The topological polar surface area (TPSA) is 0 Å². The Morgan fingerprint density at radius 3 is 1.75 bits per heavy atom. The van der Waals surface area contributed by atoms with Crippen LogP contribution in [0.1, 0.15) is 64.2 Å². The van der Waals surface area contributed by atoms with E-state index in [0.717, 1.165) is 16.3 Å². The molecular weight excluding hydrogens is 283 g/mol. The molecule has 2 heteroatoms. The maximum absolute atomic E-state index is 6.57. The lowest BCUT2D eigenvalue weighted by Gasteiger charge is -2.39. The minimum atomic E-state index is -0.0449. The highest BCUT2D eigenvalue weighted by Gasteiger charge is 2.33. The molecule has 2 aliphatic rings. The molecule has 2 saturated carbocycles. The van der Waals surface area contributed by atoms with Crippen molar-refractivity contribution in [1.82, 2.24) is 0 Å². The molecule has 0 bridgehead atoms. The van der Waals surface area contributed by atoms with Gasteiger partial charge in [-0.2, -0.15) is 0 Å². The fraction of sp³-hybridized carbons (Fsp3) is 0.667. The average Bonchev–Trinajstić information content (AvgIpc) is 2.52. The van der Waals surface area contributed by atoms with Crippen molar-refractivity contribution in [2.75, 3.05) is 0 Å². The number of halogens is 1. The fourth-order valence-corrected chi connectivity index (χ4v) is 8.31. The van der Waals surface area contributed by atoms with Crippen LogP contribution in [0.5, 0.6) is 0 Å². The van der Waals surface area contributed by atoms with Crippen molar-refractivity contribution in [2.24, 2.45) is 0 Å². The molecule has 2 fully saturated rings. The van der Waals surface area contributed by atoms with E-state index < -0.39 is 0 Å². The van der Waals surface area contributed by atoms with E-state index in [0.29, 0.717) is 0 Å². The van der Waals surface area contributed by atoms with Gasteiger partial charge in [-0.05, 0) is 48.4 Å². The Hall–Kier alpha value is -0.0600. The van der Waals surface area contributed by atoms with Crippen LogP contribution >= 0.6 is 19.5 Å². The van der Waals surface area contributed by atoms with Crippen LogP contribution in [0, 0.1) is 0 Å². The van der Waals surface area contributed by atoms with Gasteiger partial charge >= 0.3 is 0 Å². The summed E-state index contributed by atoms with van der Waals surface area (Å²) in [6.45, 7) is 0. The van der Waals surface area contributed by atoms with E-state index in [4.69, 9.17) is 11.6 Å². The van der Waals surface area contributed by atoms with E-state index >= 15 is 0 Å². The lowest BCUT2D eigenvalue weighted by atomic mass is 9.99. The molecule has 0 aromatic heterocycles.